The molecule has 1 aromatic heterocycles. The topological polar surface area (TPSA) is 49.1 Å². The molecule has 1 saturated heterocycles. The Morgan fingerprint density at radius 1 is 1.10 bits per heavy atom. The summed E-state index contributed by atoms with van der Waals surface area (Å²) < 4.78 is 19.2. The first-order valence-corrected chi connectivity index (χ1v) is 10.1. The predicted molar refractivity (Wildman–Crippen MR) is 120 cm³/mol. The minimum absolute atomic E-state index is 0.146. The highest BCUT2D eigenvalue weighted by atomic mass is 32.2. The number of anilines is 1. The number of hydrogen-bond donors (Lipinski definition) is 0. The van der Waals surface area contributed by atoms with Gasteiger partial charge in [0.05, 0.1) is 10.6 Å². The highest BCUT2D eigenvalue weighted by Gasteiger charge is 2.30. The van der Waals surface area contributed by atoms with E-state index < -0.39 is 0 Å². The molecular formula is C23H20FN3O2S. The van der Waals surface area contributed by atoms with Crippen LogP contribution in [0.5, 0.6) is 0 Å². The van der Waals surface area contributed by atoms with Gasteiger partial charge in [-0.2, -0.15) is 0 Å². The molecule has 1 aliphatic heterocycles. The third kappa shape index (κ3) is 4.16. The van der Waals surface area contributed by atoms with Gasteiger partial charge < -0.3 is 9.32 Å². The van der Waals surface area contributed by atoms with Crippen molar-refractivity contribution in [1.82, 2.24) is 4.90 Å². The summed E-state index contributed by atoms with van der Waals surface area (Å²) in [6.07, 6.45) is 1.68. The van der Waals surface area contributed by atoms with Crippen LogP contribution in [-0.4, -0.2) is 37.1 Å². The number of aliphatic imine (C=N–C) groups is 1. The van der Waals surface area contributed by atoms with Gasteiger partial charge in [-0.15, -0.1) is 0 Å². The van der Waals surface area contributed by atoms with Crippen LogP contribution in [0.25, 0.3) is 17.4 Å². The van der Waals surface area contributed by atoms with Crippen molar-refractivity contribution in [2.24, 2.45) is 4.99 Å². The number of halogens is 1. The minimum atomic E-state index is -0.327. The molecule has 0 spiro atoms. The molecule has 0 N–H and O–H groups in total. The highest BCUT2D eigenvalue weighted by Crippen LogP contribution is 2.34. The lowest BCUT2D eigenvalue weighted by molar-refractivity contribution is -0.121. The zero-order chi connectivity index (χ0) is 21.3. The largest absolute Gasteiger partial charge is 0.457 e. The lowest BCUT2D eigenvalue weighted by atomic mass is 10.2. The highest BCUT2D eigenvalue weighted by molar-refractivity contribution is 8.18. The SMILES string of the molecule is CN1C(=O)/C(=C/c2ccc(-c3cccc(F)c3)o2)SC1=Nc1ccc(N(C)C)cc1. The second-order valence-electron chi connectivity index (χ2n) is 6.99. The second-order valence-corrected chi connectivity index (χ2v) is 8.00. The van der Waals surface area contributed by atoms with Gasteiger partial charge in [0.15, 0.2) is 5.17 Å². The van der Waals surface area contributed by atoms with Crippen LogP contribution in [-0.2, 0) is 4.79 Å². The second kappa shape index (κ2) is 8.20. The smallest absolute Gasteiger partial charge is 0.266 e. The van der Waals surface area contributed by atoms with E-state index in [1.807, 2.05) is 43.3 Å². The van der Waals surface area contributed by atoms with Gasteiger partial charge in [0.2, 0.25) is 0 Å². The first kappa shape index (κ1) is 20.0. The summed E-state index contributed by atoms with van der Waals surface area (Å²) in [5.41, 5.74) is 2.50. The Morgan fingerprint density at radius 2 is 1.87 bits per heavy atom. The van der Waals surface area contributed by atoms with Crippen molar-refractivity contribution in [2.45, 2.75) is 0 Å². The first-order chi connectivity index (χ1) is 14.4. The Kier molecular flexibility index (Phi) is 5.46. The van der Waals surface area contributed by atoms with Gasteiger partial charge in [0, 0.05) is 38.5 Å². The van der Waals surface area contributed by atoms with Gasteiger partial charge in [-0.3, -0.25) is 9.69 Å². The van der Waals surface area contributed by atoms with Crippen molar-refractivity contribution < 1.29 is 13.6 Å². The summed E-state index contributed by atoms with van der Waals surface area (Å²) in [5, 5.41) is 0.598. The molecule has 3 aromatic rings. The van der Waals surface area contributed by atoms with Gasteiger partial charge in [-0.05, 0) is 60.3 Å². The molecule has 2 heterocycles. The van der Waals surface area contributed by atoms with Crippen LogP contribution in [0.4, 0.5) is 15.8 Å². The number of carbonyl (C=O) groups is 1. The molecule has 0 atom stereocenters. The number of hydrogen-bond acceptors (Lipinski definition) is 5. The molecule has 1 fully saturated rings. The molecule has 4 rings (SSSR count). The number of carbonyl (C=O) groups excluding carboxylic acids is 1. The van der Waals surface area contributed by atoms with Crippen molar-refractivity contribution in [3.8, 4) is 11.3 Å². The number of amides is 1. The normalized spacial score (nSPS) is 16.7. The molecule has 7 heteroatoms. The van der Waals surface area contributed by atoms with E-state index in [-0.39, 0.29) is 11.7 Å². The quantitative estimate of drug-likeness (QED) is 0.530. The molecular weight excluding hydrogens is 401 g/mol. The summed E-state index contributed by atoms with van der Waals surface area (Å²) in [4.78, 5) is 21.3. The summed E-state index contributed by atoms with van der Waals surface area (Å²) in [5.74, 6) is 0.592. The van der Waals surface area contributed by atoms with Crippen LogP contribution in [0.2, 0.25) is 0 Å². The van der Waals surface area contributed by atoms with Crippen LogP contribution in [0, 0.1) is 5.82 Å². The zero-order valence-corrected chi connectivity index (χ0v) is 17.6. The molecule has 0 aliphatic carbocycles. The Hall–Kier alpha value is -3.32. The number of amidine groups is 1. The number of thioether (sulfide) groups is 1. The standard InChI is InChI=1S/C23H20FN3O2S/c1-26(2)18-9-7-17(8-10-18)25-23-27(3)22(28)21(30-23)14-19-11-12-20(29-19)15-5-4-6-16(24)13-15/h4-14H,1-3H3/b21-14-,25-23?. The van der Waals surface area contributed by atoms with Gasteiger partial charge in [0.25, 0.3) is 5.91 Å². The number of furan rings is 1. The van der Waals surface area contributed by atoms with Crippen molar-refractivity contribution >= 4 is 40.3 Å². The third-order valence-corrected chi connectivity index (χ3v) is 5.66. The van der Waals surface area contributed by atoms with Crippen molar-refractivity contribution in [1.29, 1.82) is 0 Å². The maximum Gasteiger partial charge on any atom is 0.266 e. The van der Waals surface area contributed by atoms with Crippen LogP contribution < -0.4 is 4.90 Å². The number of benzene rings is 2. The average molecular weight is 421 g/mol. The van der Waals surface area contributed by atoms with E-state index in [4.69, 9.17) is 4.42 Å². The molecule has 0 radical (unpaired) electrons. The Bertz CT molecular complexity index is 1150. The molecule has 1 aliphatic rings. The van der Waals surface area contributed by atoms with Gasteiger partial charge in [0.1, 0.15) is 17.3 Å². The zero-order valence-electron chi connectivity index (χ0n) is 16.8. The Labute approximate surface area is 178 Å². The molecule has 30 heavy (non-hydrogen) atoms. The fourth-order valence-electron chi connectivity index (χ4n) is 2.94. The monoisotopic (exact) mass is 421 g/mol. The lowest BCUT2D eigenvalue weighted by Crippen LogP contribution is -2.23. The molecule has 0 unspecified atom stereocenters. The summed E-state index contributed by atoms with van der Waals surface area (Å²) in [7, 11) is 5.65. The van der Waals surface area contributed by atoms with Crippen molar-refractivity contribution in [3.63, 3.8) is 0 Å². The fraction of sp³-hybridized carbons (Fsp3) is 0.130. The predicted octanol–water partition coefficient (Wildman–Crippen LogP) is 5.39. The van der Waals surface area contributed by atoms with E-state index in [9.17, 15) is 9.18 Å². The van der Waals surface area contributed by atoms with Gasteiger partial charge in [-0.1, -0.05) is 12.1 Å². The van der Waals surface area contributed by atoms with Crippen LogP contribution in [0.1, 0.15) is 5.76 Å². The summed E-state index contributed by atoms with van der Waals surface area (Å²) >= 11 is 1.29. The first-order valence-electron chi connectivity index (χ1n) is 9.30. The van der Waals surface area contributed by atoms with E-state index in [0.29, 0.717) is 27.2 Å². The molecule has 0 saturated carbocycles. The van der Waals surface area contributed by atoms with Crippen LogP contribution >= 0.6 is 11.8 Å². The number of nitrogens with zero attached hydrogens (tertiary/aromatic N) is 3. The minimum Gasteiger partial charge on any atom is -0.457 e. The fourth-order valence-corrected chi connectivity index (χ4v) is 3.91. The lowest BCUT2D eigenvalue weighted by Gasteiger charge is -2.12. The molecule has 5 nitrogen and oxygen atoms in total. The van der Waals surface area contributed by atoms with Crippen molar-refractivity contribution in [3.05, 3.63) is 77.1 Å². The van der Waals surface area contributed by atoms with Crippen molar-refractivity contribution in [2.75, 3.05) is 26.0 Å². The van der Waals surface area contributed by atoms with E-state index in [1.165, 1.54) is 28.8 Å². The third-order valence-electron chi connectivity index (χ3n) is 4.60. The van der Waals surface area contributed by atoms with E-state index in [1.54, 1.807) is 37.4 Å². The molecule has 152 valence electrons. The number of likely N-dealkylation sites (N-methyl/N-ethyl adjacent to an activating group) is 1. The van der Waals surface area contributed by atoms with Crippen LogP contribution in [0.15, 0.2) is 75.0 Å². The summed E-state index contributed by atoms with van der Waals surface area (Å²) in [6, 6.07) is 17.5. The van der Waals surface area contributed by atoms with E-state index in [0.717, 1.165) is 11.4 Å². The van der Waals surface area contributed by atoms with E-state index in [2.05, 4.69) is 4.99 Å². The molecule has 2 aromatic carbocycles. The molecule has 1 amide bonds. The van der Waals surface area contributed by atoms with Gasteiger partial charge >= 0.3 is 0 Å². The average Bonchev–Trinajstić information content (AvgIpc) is 3.29. The van der Waals surface area contributed by atoms with Crippen LogP contribution in [0.3, 0.4) is 0 Å². The maximum absolute atomic E-state index is 13.4. The van der Waals surface area contributed by atoms with Gasteiger partial charge in [-0.25, -0.2) is 9.38 Å². The molecule has 0 bridgehead atoms. The summed E-state index contributed by atoms with van der Waals surface area (Å²) in [6.45, 7) is 0. The van der Waals surface area contributed by atoms with E-state index >= 15 is 0 Å². The number of rotatable bonds is 4. The maximum atomic E-state index is 13.4. The Balaban J connectivity index is 1.56. The Morgan fingerprint density at radius 3 is 2.57 bits per heavy atom.